The van der Waals surface area contributed by atoms with E-state index in [1.165, 1.54) is 29.4 Å². The Kier molecular flexibility index (Phi) is 9.84. The Morgan fingerprint density at radius 3 is 2.44 bits per heavy atom. The van der Waals surface area contributed by atoms with Crippen LogP contribution in [0.5, 0.6) is 0 Å². The molecule has 0 saturated carbocycles. The number of nitrogens with one attached hydrogen (secondary N) is 3. The van der Waals surface area contributed by atoms with Gasteiger partial charge in [-0.2, -0.15) is 0 Å². The van der Waals surface area contributed by atoms with Gasteiger partial charge in [0.1, 0.15) is 5.69 Å². The van der Waals surface area contributed by atoms with Crippen molar-refractivity contribution in [2.24, 2.45) is 7.05 Å². The van der Waals surface area contributed by atoms with Crippen LogP contribution in [0.1, 0.15) is 52.4 Å². The molecule has 1 fully saturated rings. The predicted molar refractivity (Wildman–Crippen MR) is 198 cm³/mol. The Morgan fingerprint density at radius 1 is 0.938 bits per heavy atom. The standard InChI is InChI=1S/C38H44N6O3S/c1-6-36(45)40-31-22-28(14-15-33(31)44-18-16-43(17-19-44)24(2)3)39-32-20-27(23-42(5)38(32)47)29-11-9-12-30(25(29)4)41-37(46)35-21-26-10-7-8-13-34(26)48-35/h6,9,11-12,14-15,20-24,39H,1,7-8,10,13,16-19H2,2-5H3,(H,40,45)(H,41,46). The van der Waals surface area contributed by atoms with Gasteiger partial charge >= 0.3 is 0 Å². The van der Waals surface area contributed by atoms with E-state index >= 15 is 0 Å². The van der Waals surface area contributed by atoms with Crippen molar-refractivity contribution in [3.8, 4) is 11.1 Å². The van der Waals surface area contributed by atoms with Crippen LogP contribution < -0.4 is 26.4 Å². The number of carbonyl (C=O) groups is 2. The van der Waals surface area contributed by atoms with E-state index in [1.807, 2.05) is 61.7 Å². The number of pyridine rings is 1. The van der Waals surface area contributed by atoms with Gasteiger partial charge in [-0.25, -0.2) is 0 Å². The number of fused-ring (bicyclic) bond motifs is 1. The first kappa shape index (κ1) is 33.2. The molecule has 1 aliphatic heterocycles. The molecule has 2 aromatic heterocycles. The molecule has 6 rings (SSSR count). The van der Waals surface area contributed by atoms with Crippen LogP contribution in [0.3, 0.4) is 0 Å². The summed E-state index contributed by atoms with van der Waals surface area (Å²) < 4.78 is 1.56. The van der Waals surface area contributed by atoms with E-state index in [0.717, 1.165) is 72.0 Å². The fourth-order valence-corrected chi connectivity index (χ4v) is 7.78. The second-order valence-corrected chi connectivity index (χ2v) is 14.1. The number of piperazine rings is 1. The van der Waals surface area contributed by atoms with E-state index < -0.39 is 0 Å². The van der Waals surface area contributed by atoms with Gasteiger partial charge in [-0.15, -0.1) is 11.3 Å². The van der Waals surface area contributed by atoms with Crippen LogP contribution in [-0.4, -0.2) is 53.5 Å². The van der Waals surface area contributed by atoms with Gasteiger partial charge in [0, 0.05) is 67.3 Å². The number of rotatable bonds is 9. The molecular weight excluding hydrogens is 621 g/mol. The van der Waals surface area contributed by atoms with E-state index in [0.29, 0.717) is 23.1 Å². The summed E-state index contributed by atoms with van der Waals surface area (Å²) in [5.41, 5.74) is 7.16. The van der Waals surface area contributed by atoms with E-state index in [9.17, 15) is 14.4 Å². The number of aryl methyl sites for hydroxylation is 3. The first-order valence-corrected chi connectivity index (χ1v) is 17.5. The molecule has 1 saturated heterocycles. The van der Waals surface area contributed by atoms with Crippen molar-refractivity contribution in [3.63, 3.8) is 0 Å². The SMILES string of the molecule is C=CC(=O)Nc1cc(Nc2cc(-c3cccc(NC(=O)c4cc5c(s4)CCCC5)c3C)cn(C)c2=O)ccc1N1CCN(C(C)C)CC1. The largest absolute Gasteiger partial charge is 0.367 e. The minimum Gasteiger partial charge on any atom is -0.367 e. The quantitative estimate of drug-likeness (QED) is 0.168. The molecule has 3 N–H and O–H groups in total. The maximum absolute atomic E-state index is 13.4. The number of hydrogen-bond acceptors (Lipinski definition) is 7. The van der Waals surface area contributed by atoms with E-state index in [-0.39, 0.29) is 17.4 Å². The third-order valence-corrected chi connectivity index (χ3v) is 10.6. The molecule has 2 aromatic carbocycles. The maximum Gasteiger partial charge on any atom is 0.274 e. The van der Waals surface area contributed by atoms with Crippen molar-refractivity contribution >= 4 is 51.6 Å². The van der Waals surface area contributed by atoms with Crippen LogP contribution in [-0.2, 0) is 24.7 Å². The predicted octanol–water partition coefficient (Wildman–Crippen LogP) is 6.95. The monoisotopic (exact) mass is 664 g/mol. The number of aromatic nitrogens is 1. The molecule has 48 heavy (non-hydrogen) atoms. The van der Waals surface area contributed by atoms with Gasteiger partial charge in [-0.3, -0.25) is 19.3 Å². The molecule has 0 atom stereocenters. The van der Waals surface area contributed by atoms with Crippen LogP contribution in [0.15, 0.2) is 72.2 Å². The van der Waals surface area contributed by atoms with Crippen LogP contribution in [0.25, 0.3) is 11.1 Å². The lowest BCUT2D eigenvalue weighted by Crippen LogP contribution is -2.49. The summed E-state index contributed by atoms with van der Waals surface area (Å²) in [5.74, 6) is -0.393. The van der Waals surface area contributed by atoms with Crippen molar-refractivity contribution in [1.29, 1.82) is 0 Å². The average Bonchev–Trinajstić information content (AvgIpc) is 3.53. The highest BCUT2D eigenvalue weighted by molar-refractivity contribution is 7.14. The Hall–Kier alpha value is -4.67. The van der Waals surface area contributed by atoms with Crippen LogP contribution in [0.4, 0.5) is 28.4 Å². The van der Waals surface area contributed by atoms with E-state index in [1.54, 1.807) is 23.0 Å². The zero-order valence-corrected chi connectivity index (χ0v) is 29.0. The average molecular weight is 665 g/mol. The third-order valence-electron chi connectivity index (χ3n) is 9.40. The van der Waals surface area contributed by atoms with Crippen molar-refractivity contribution in [1.82, 2.24) is 9.47 Å². The van der Waals surface area contributed by atoms with Gasteiger partial charge in [0.2, 0.25) is 5.91 Å². The zero-order chi connectivity index (χ0) is 33.9. The highest BCUT2D eigenvalue weighted by Crippen LogP contribution is 2.34. The van der Waals surface area contributed by atoms with Crippen LogP contribution >= 0.6 is 11.3 Å². The second kappa shape index (κ2) is 14.2. The normalized spacial score (nSPS) is 14.8. The fraction of sp³-hybridized carbons (Fsp3) is 0.342. The third kappa shape index (κ3) is 7.10. The number of carbonyl (C=O) groups excluding carboxylic acids is 2. The molecule has 250 valence electrons. The first-order valence-electron chi connectivity index (χ1n) is 16.7. The molecule has 9 nitrogen and oxygen atoms in total. The minimum absolute atomic E-state index is 0.0953. The lowest BCUT2D eigenvalue weighted by molar-refractivity contribution is -0.111. The van der Waals surface area contributed by atoms with Crippen LogP contribution in [0.2, 0.25) is 0 Å². The molecule has 1 aliphatic carbocycles. The number of nitrogens with zero attached hydrogens (tertiary/aromatic N) is 3. The molecule has 0 unspecified atom stereocenters. The van der Waals surface area contributed by atoms with Gasteiger partial charge in [0.15, 0.2) is 0 Å². The van der Waals surface area contributed by atoms with E-state index in [4.69, 9.17) is 0 Å². The van der Waals surface area contributed by atoms with Gasteiger partial charge in [-0.1, -0.05) is 18.7 Å². The van der Waals surface area contributed by atoms with Crippen molar-refractivity contribution in [3.05, 3.63) is 98.6 Å². The first-order chi connectivity index (χ1) is 23.1. The number of thiophene rings is 1. The minimum atomic E-state index is -0.298. The molecule has 0 bridgehead atoms. The molecule has 0 spiro atoms. The van der Waals surface area contributed by atoms with Crippen molar-refractivity contribution < 1.29 is 9.59 Å². The zero-order valence-electron chi connectivity index (χ0n) is 28.2. The summed E-state index contributed by atoms with van der Waals surface area (Å²) >= 11 is 1.60. The Labute approximate surface area is 286 Å². The lowest BCUT2D eigenvalue weighted by Gasteiger charge is -2.38. The lowest BCUT2D eigenvalue weighted by atomic mass is 9.99. The van der Waals surface area contributed by atoms with Gasteiger partial charge in [0.05, 0.1) is 16.3 Å². The Morgan fingerprint density at radius 2 is 1.71 bits per heavy atom. The molecule has 10 heteroatoms. The van der Waals surface area contributed by atoms with Gasteiger partial charge < -0.3 is 25.4 Å². The fourth-order valence-electron chi connectivity index (χ4n) is 6.63. The van der Waals surface area contributed by atoms with Crippen molar-refractivity contribution in [2.45, 2.75) is 52.5 Å². The molecule has 0 radical (unpaired) electrons. The number of hydrogen-bond donors (Lipinski definition) is 3. The number of amides is 2. The van der Waals surface area contributed by atoms with Crippen molar-refractivity contribution in [2.75, 3.05) is 47.0 Å². The second-order valence-electron chi connectivity index (χ2n) is 12.9. The van der Waals surface area contributed by atoms with Gasteiger partial charge in [0.25, 0.3) is 11.5 Å². The topological polar surface area (TPSA) is 98.7 Å². The highest BCUT2D eigenvalue weighted by Gasteiger charge is 2.22. The molecule has 2 aliphatic rings. The Bertz CT molecular complexity index is 1890. The molecule has 2 amide bonds. The highest BCUT2D eigenvalue weighted by atomic mass is 32.1. The van der Waals surface area contributed by atoms with Gasteiger partial charge in [-0.05, 0) is 106 Å². The molecule has 4 aromatic rings. The Balaban J connectivity index is 1.26. The summed E-state index contributed by atoms with van der Waals surface area (Å²) in [6.45, 7) is 13.6. The maximum atomic E-state index is 13.4. The molecular formula is C38H44N6O3S. The number of benzene rings is 2. The smallest absolute Gasteiger partial charge is 0.274 e. The summed E-state index contributed by atoms with van der Waals surface area (Å²) in [6, 6.07) is 16.0. The summed E-state index contributed by atoms with van der Waals surface area (Å²) in [7, 11) is 1.73. The van der Waals surface area contributed by atoms with E-state index in [2.05, 4.69) is 46.2 Å². The molecule has 3 heterocycles. The summed E-state index contributed by atoms with van der Waals surface area (Å²) in [4.78, 5) is 45.8. The van der Waals surface area contributed by atoms with Crippen LogP contribution in [0, 0.1) is 6.92 Å². The number of anilines is 5. The summed E-state index contributed by atoms with van der Waals surface area (Å²) in [6.07, 6.45) is 7.52. The summed E-state index contributed by atoms with van der Waals surface area (Å²) in [5, 5.41) is 9.41.